The summed E-state index contributed by atoms with van der Waals surface area (Å²) in [7, 11) is 0. The van der Waals surface area contributed by atoms with Crippen LogP contribution in [0.1, 0.15) is 29.5 Å². The predicted octanol–water partition coefficient (Wildman–Crippen LogP) is 2.19. The molecule has 2 aromatic rings. The number of nitrogens with two attached hydrogens (primary N) is 3. The molecule has 2 rings (SSSR count). The maximum Gasteiger partial charge on any atom is 0.416 e. The van der Waals surface area contributed by atoms with Gasteiger partial charge in [-0.1, -0.05) is 48.5 Å². The van der Waals surface area contributed by atoms with Crippen LogP contribution in [0.15, 0.2) is 54.6 Å². The predicted molar refractivity (Wildman–Crippen MR) is 121 cm³/mol. The summed E-state index contributed by atoms with van der Waals surface area (Å²) in [5.74, 6) is -1.04. The molecular weight excluding hydrogens is 433 g/mol. The van der Waals surface area contributed by atoms with Crippen molar-refractivity contribution in [2.75, 3.05) is 13.1 Å². The number of Topliss-reactive ketones (excluding diaryl/α,β-unsaturated/α-hetero) is 1. The summed E-state index contributed by atoms with van der Waals surface area (Å²) in [5, 5.41) is 2.69. The average Bonchev–Trinajstić information content (AvgIpc) is 2.80. The van der Waals surface area contributed by atoms with Gasteiger partial charge in [0.05, 0.1) is 17.6 Å². The lowest BCUT2D eigenvalue weighted by molar-refractivity contribution is -0.137. The van der Waals surface area contributed by atoms with Gasteiger partial charge in [-0.2, -0.15) is 13.2 Å². The van der Waals surface area contributed by atoms with Gasteiger partial charge in [0.25, 0.3) is 0 Å². The molecule has 0 spiro atoms. The van der Waals surface area contributed by atoms with Gasteiger partial charge in [-0.3, -0.25) is 9.59 Å². The van der Waals surface area contributed by atoms with Gasteiger partial charge in [0, 0.05) is 6.42 Å². The van der Waals surface area contributed by atoms with E-state index in [0.717, 1.165) is 17.7 Å². The Kier molecular flexibility index (Phi) is 10.0. The first kappa shape index (κ1) is 26.5. The number of benzene rings is 2. The highest BCUT2D eigenvalue weighted by molar-refractivity contribution is 5.91. The minimum Gasteiger partial charge on any atom is -0.345 e. The first-order valence-electron chi connectivity index (χ1n) is 10.8. The van der Waals surface area contributed by atoms with E-state index < -0.39 is 29.7 Å². The van der Waals surface area contributed by atoms with Gasteiger partial charge in [0.15, 0.2) is 5.78 Å². The third-order valence-electron chi connectivity index (χ3n) is 5.49. The molecular formula is C24H31F3N4O2. The number of hydrogen-bond donors (Lipinski definition) is 4. The zero-order valence-corrected chi connectivity index (χ0v) is 18.4. The molecule has 0 heterocycles. The molecule has 9 heteroatoms. The van der Waals surface area contributed by atoms with Crippen LogP contribution in [-0.2, 0) is 28.6 Å². The van der Waals surface area contributed by atoms with Crippen LogP contribution in [0, 0.1) is 5.92 Å². The number of alkyl halides is 3. The lowest BCUT2D eigenvalue weighted by atomic mass is 9.95. The lowest BCUT2D eigenvalue weighted by Crippen LogP contribution is -2.50. The van der Waals surface area contributed by atoms with Crippen LogP contribution < -0.4 is 22.5 Å². The monoisotopic (exact) mass is 464 g/mol. The molecule has 2 aromatic carbocycles. The number of nitrogens with one attached hydrogen (secondary N) is 1. The molecule has 6 nitrogen and oxygen atoms in total. The van der Waals surface area contributed by atoms with Gasteiger partial charge < -0.3 is 22.5 Å². The number of carbonyl (C=O) groups excluding carboxylic acids is 2. The minimum atomic E-state index is -4.50. The number of amides is 1. The molecule has 33 heavy (non-hydrogen) atoms. The second-order valence-electron chi connectivity index (χ2n) is 8.11. The van der Waals surface area contributed by atoms with Gasteiger partial charge in [0.1, 0.15) is 0 Å². The highest BCUT2D eigenvalue weighted by Gasteiger charge is 2.31. The van der Waals surface area contributed by atoms with Gasteiger partial charge in [0.2, 0.25) is 5.91 Å². The van der Waals surface area contributed by atoms with Crippen molar-refractivity contribution in [3.05, 3.63) is 71.3 Å². The summed E-state index contributed by atoms with van der Waals surface area (Å²) in [5.41, 5.74) is 17.6. The Morgan fingerprint density at radius 2 is 1.58 bits per heavy atom. The third kappa shape index (κ3) is 8.60. The van der Waals surface area contributed by atoms with Crippen molar-refractivity contribution >= 4 is 11.7 Å². The Bertz CT molecular complexity index is 902. The van der Waals surface area contributed by atoms with E-state index in [0.29, 0.717) is 6.42 Å². The Balaban J connectivity index is 2.13. The van der Waals surface area contributed by atoms with E-state index >= 15 is 0 Å². The molecule has 0 aliphatic rings. The molecule has 0 aliphatic heterocycles. The minimum absolute atomic E-state index is 0.130. The van der Waals surface area contributed by atoms with E-state index in [1.54, 1.807) is 0 Å². The second-order valence-corrected chi connectivity index (χ2v) is 8.11. The largest absolute Gasteiger partial charge is 0.416 e. The number of rotatable bonds is 12. The molecule has 0 saturated carbocycles. The zero-order valence-electron chi connectivity index (χ0n) is 18.4. The van der Waals surface area contributed by atoms with E-state index in [1.165, 1.54) is 12.1 Å². The summed E-state index contributed by atoms with van der Waals surface area (Å²) < 4.78 is 39.1. The molecule has 1 amide bonds. The van der Waals surface area contributed by atoms with Gasteiger partial charge in [-0.25, -0.2) is 0 Å². The van der Waals surface area contributed by atoms with Crippen molar-refractivity contribution in [2.24, 2.45) is 23.1 Å². The van der Waals surface area contributed by atoms with Crippen molar-refractivity contribution in [1.29, 1.82) is 0 Å². The molecule has 0 radical (unpaired) electrons. The first-order valence-corrected chi connectivity index (χ1v) is 10.8. The Hall–Kier alpha value is -2.75. The lowest BCUT2D eigenvalue weighted by Gasteiger charge is -2.22. The number of ketones is 1. The standard InChI is InChI=1S/C24H31F3N4O2/c25-24(26,27)19-8-4-7-17(11-19)13-22(32)21(10-9-16-5-2-1-3-6-16)31-23(33)20(30)12-18(14-28)15-29/h1-8,11,18,20-21H,9-10,12-15,28-30H2,(H,31,33)/t20-,21-/m0/s1. The molecule has 0 bridgehead atoms. The summed E-state index contributed by atoms with van der Waals surface area (Å²) in [6, 6.07) is 12.2. The Labute approximate surface area is 191 Å². The topological polar surface area (TPSA) is 124 Å². The summed E-state index contributed by atoms with van der Waals surface area (Å²) in [6.07, 6.45) is -3.69. The molecule has 0 aliphatic carbocycles. The second kappa shape index (κ2) is 12.5. The van der Waals surface area contributed by atoms with E-state index in [1.807, 2.05) is 30.3 Å². The molecule has 0 fully saturated rings. The van der Waals surface area contributed by atoms with Crippen LogP contribution in [0.5, 0.6) is 0 Å². The van der Waals surface area contributed by atoms with Crippen LogP contribution in [0.3, 0.4) is 0 Å². The van der Waals surface area contributed by atoms with Crippen molar-refractivity contribution in [3.63, 3.8) is 0 Å². The van der Waals surface area contributed by atoms with Crippen LogP contribution in [0.25, 0.3) is 0 Å². The number of aryl methyl sites for hydroxylation is 1. The highest BCUT2D eigenvalue weighted by atomic mass is 19.4. The van der Waals surface area contributed by atoms with Gasteiger partial charge >= 0.3 is 6.18 Å². The van der Waals surface area contributed by atoms with E-state index in [-0.39, 0.29) is 49.6 Å². The zero-order chi connectivity index (χ0) is 24.4. The molecule has 180 valence electrons. The van der Waals surface area contributed by atoms with Crippen LogP contribution in [0.4, 0.5) is 13.2 Å². The van der Waals surface area contributed by atoms with E-state index in [9.17, 15) is 22.8 Å². The van der Waals surface area contributed by atoms with E-state index in [4.69, 9.17) is 17.2 Å². The Morgan fingerprint density at radius 3 is 2.18 bits per heavy atom. The normalized spacial score (nSPS) is 13.5. The maximum atomic E-state index is 13.0. The van der Waals surface area contributed by atoms with Gasteiger partial charge in [-0.05, 0) is 55.5 Å². The molecule has 0 saturated heterocycles. The Morgan fingerprint density at radius 1 is 0.939 bits per heavy atom. The summed E-state index contributed by atoms with van der Waals surface area (Å²) >= 11 is 0. The smallest absolute Gasteiger partial charge is 0.345 e. The van der Waals surface area contributed by atoms with Crippen LogP contribution >= 0.6 is 0 Å². The van der Waals surface area contributed by atoms with Crippen LogP contribution in [-0.4, -0.2) is 36.9 Å². The number of carbonyl (C=O) groups is 2. The first-order chi connectivity index (χ1) is 15.6. The molecule has 2 atom stereocenters. The fraction of sp³-hybridized carbons (Fsp3) is 0.417. The third-order valence-corrected chi connectivity index (χ3v) is 5.49. The highest BCUT2D eigenvalue weighted by Crippen LogP contribution is 2.29. The number of hydrogen-bond acceptors (Lipinski definition) is 5. The fourth-order valence-electron chi connectivity index (χ4n) is 3.48. The molecule has 0 unspecified atom stereocenters. The maximum absolute atomic E-state index is 13.0. The fourth-order valence-corrected chi connectivity index (χ4v) is 3.48. The summed E-state index contributed by atoms with van der Waals surface area (Å²) in [4.78, 5) is 25.7. The van der Waals surface area contributed by atoms with Gasteiger partial charge in [-0.15, -0.1) is 0 Å². The van der Waals surface area contributed by atoms with Crippen molar-refractivity contribution in [1.82, 2.24) is 5.32 Å². The summed E-state index contributed by atoms with van der Waals surface area (Å²) in [6.45, 7) is 0.562. The molecule has 7 N–H and O–H groups in total. The van der Waals surface area contributed by atoms with Crippen molar-refractivity contribution in [3.8, 4) is 0 Å². The van der Waals surface area contributed by atoms with Crippen LogP contribution in [0.2, 0.25) is 0 Å². The SMILES string of the molecule is NCC(CN)C[C@H](N)C(=O)N[C@@H](CCc1ccccc1)C(=O)Cc1cccc(C(F)(F)F)c1. The number of halogens is 3. The molecule has 0 aromatic heterocycles. The van der Waals surface area contributed by atoms with Crippen molar-refractivity contribution in [2.45, 2.75) is 43.9 Å². The van der Waals surface area contributed by atoms with E-state index in [2.05, 4.69) is 5.32 Å². The van der Waals surface area contributed by atoms with Crippen molar-refractivity contribution < 1.29 is 22.8 Å². The quantitative estimate of drug-likeness (QED) is 0.383. The average molecular weight is 465 g/mol.